The SMILES string of the molecule is O=C(CCn1ccnc1)C12CC3CC(CC(C3)C1)C2. The van der Waals surface area contributed by atoms with Crippen molar-refractivity contribution in [1.29, 1.82) is 0 Å². The summed E-state index contributed by atoms with van der Waals surface area (Å²) >= 11 is 0. The maximum absolute atomic E-state index is 12.8. The lowest BCUT2D eigenvalue weighted by atomic mass is 9.48. The van der Waals surface area contributed by atoms with Gasteiger partial charge in [-0.2, -0.15) is 0 Å². The molecule has 1 heterocycles. The lowest BCUT2D eigenvalue weighted by molar-refractivity contribution is -0.144. The van der Waals surface area contributed by atoms with Crippen LogP contribution in [0.15, 0.2) is 18.7 Å². The van der Waals surface area contributed by atoms with Gasteiger partial charge in [-0.15, -0.1) is 0 Å². The van der Waals surface area contributed by atoms with Crippen LogP contribution in [0.5, 0.6) is 0 Å². The summed E-state index contributed by atoms with van der Waals surface area (Å²) in [5, 5.41) is 0. The van der Waals surface area contributed by atoms with Crippen molar-refractivity contribution in [1.82, 2.24) is 9.55 Å². The molecule has 4 fully saturated rings. The van der Waals surface area contributed by atoms with Crippen molar-refractivity contribution >= 4 is 5.78 Å². The average Bonchev–Trinajstić information content (AvgIpc) is 2.87. The Morgan fingerprint density at radius 1 is 1.16 bits per heavy atom. The summed E-state index contributed by atoms with van der Waals surface area (Å²) in [7, 11) is 0. The first-order valence-electron chi connectivity index (χ1n) is 7.72. The predicted octanol–water partition coefficient (Wildman–Crippen LogP) is 3.06. The highest BCUT2D eigenvalue weighted by Crippen LogP contribution is 2.60. The zero-order chi connectivity index (χ0) is 12.9. The molecule has 5 rings (SSSR count). The minimum atomic E-state index is 0.0787. The summed E-state index contributed by atoms with van der Waals surface area (Å²) in [4.78, 5) is 16.8. The van der Waals surface area contributed by atoms with E-state index in [9.17, 15) is 4.79 Å². The summed E-state index contributed by atoms with van der Waals surface area (Å²) in [5.74, 6) is 3.13. The molecule has 4 aliphatic carbocycles. The number of hydrogen-bond donors (Lipinski definition) is 0. The van der Waals surface area contributed by atoms with Crippen molar-refractivity contribution in [3.8, 4) is 0 Å². The zero-order valence-electron chi connectivity index (χ0n) is 11.4. The maximum atomic E-state index is 12.8. The van der Waals surface area contributed by atoms with Gasteiger partial charge in [-0.25, -0.2) is 4.98 Å². The Balaban J connectivity index is 1.47. The topological polar surface area (TPSA) is 34.9 Å². The molecular weight excluding hydrogens is 236 g/mol. The highest BCUT2D eigenvalue weighted by molar-refractivity contribution is 5.85. The molecule has 4 aliphatic rings. The van der Waals surface area contributed by atoms with Gasteiger partial charge in [0, 0.05) is 30.8 Å². The number of carbonyl (C=O) groups excluding carboxylic acids is 1. The highest BCUT2D eigenvalue weighted by atomic mass is 16.1. The van der Waals surface area contributed by atoms with Gasteiger partial charge in [-0.1, -0.05) is 0 Å². The van der Waals surface area contributed by atoms with Crippen LogP contribution < -0.4 is 0 Å². The lowest BCUT2D eigenvalue weighted by Crippen LogP contribution is -2.50. The zero-order valence-corrected chi connectivity index (χ0v) is 11.4. The Hall–Kier alpha value is -1.12. The van der Waals surface area contributed by atoms with Gasteiger partial charge in [-0.05, 0) is 56.3 Å². The van der Waals surface area contributed by atoms with Crippen LogP contribution in [0.1, 0.15) is 44.9 Å². The average molecular weight is 258 g/mol. The molecule has 102 valence electrons. The fourth-order valence-electron chi connectivity index (χ4n) is 5.37. The van der Waals surface area contributed by atoms with Gasteiger partial charge in [0.05, 0.1) is 6.33 Å². The van der Waals surface area contributed by atoms with E-state index in [0.717, 1.165) is 24.3 Å². The molecule has 1 aromatic heterocycles. The van der Waals surface area contributed by atoms with Gasteiger partial charge in [-0.3, -0.25) is 4.79 Å². The standard InChI is InChI=1S/C16H22N2O/c19-15(1-3-18-4-2-17-11-18)16-8-12-5-13(9-16)7-14(6-12)10-16/h2,4,11-14H,1,3,5-10H2. The largest absolute Gasteiger partial charge is 0.337 e. The van der Waals surface area contributed by atoms with Crippen molar-refractivity contribution in [2.75, 3.05) is 0 Å². The van der Waals surface area contributed by atoms with Gasteiger partial charge < -0.3 is 4.57 Å². The van der Waals surface area contributed by atoms with E-state index >= 15 is 0 Å². The molecule has 0 saturated heterocycles. The van der Waals surface area contributed by atoms with Gasteiger partial charge in [0.2, 0.25) is 0 Å². The number of aromatic nitrogens is 2. The Labute approximate surface area is 114 Å². The first-order chi connectivity index (χ1) is 9.23. The Kier molecular flexibility index (Phi) is 2.58. The van der Waals surface area contributed by atoms with Crippen molar-refractivity contribution < 1.29 is 4.79 Å². The Morgan fingerprint density at radius 3 is 2.32 bits per heavy atom. The van der Waals surface area contributed by atoms with Crippen LogP contribution in [-0.4, -0.2) is 15.3 Å². The molecule has 1 aromatic rings. The minimum absolute atomic E-state index is 0.0787. The first kappa shape index (κ1) is 11.7. The van der Waals surface area contributed by atoms with Crippen molar-refractivity contribution in [3.63, 3.8) is 0 Å². The number of hydrogen-bond acceptors (Lipinski definition) is 2. The molecule has 0 unspecified atom stereocenters. The van der Waals surface area contributed by atoms with E-state index in [2.05, 4.69) is 4.98 Å². The Morgan fingerprint density at radius 2 is 1.79 bits per heavy atom. The molecule has 3 heteroatoms. The monoisotopic (exact) mass is 258 g/mol. The van der Waals surface area contributed by atoms with Crippen LogP contribution in [0.4, 0.5) is 0 Å². The molecule has 19 heavy (non-hydrogen) atoms. The molecule has 0 atom stereocenters. The highest BCUT2D eigenvalue weighted by Gasteiger charge is 2.53. The smallest absolute Gasteiger partial charge is 0.140 e. The second kappa shape index (κ2) is 4.19. The molecule has 0 aliphatic heterocycles. The molecule has 0 radical (unpaired) electrons. The minimum Gasteiger partial charge on any atom is -0.337 e. The molecule has 4 bridgehead atoms. The van der Waals surface area contributed by atoms with E-state index in [1.807, 2.05) is 17.1 Å². The third-order valence-electron chi connectivity index (χ3n) is 5.79. The second-order valence-corrected chi connectivity index (χ2v) is 7.17. The first-order valence-corrected chi connectivity index (χ1v) is 7.72. The van der Waals surface area contributed by atoms with E-state index in [1.165, 1.54) is 38.5 Å². The molecular formula is C16H22N2O. The van der Waals surface area contributed by atoms with E-state index in [-0.39, 0.29) is 5.41 Å². The lowest BCUT2D eigenvalue weighted by Gasteiger charge is -2.56. The van der Waals surface area contributed by atoms with Gasteiger partial charge >= 0.3 is 0 Å². The van der Waals surface area contributed by atoms with E-state index in [1.54, 1.807) is 6.20 Å². The van der Waals surface area contributed by atoms with E-state index in [4.69, 9.17) is 0 Å². The normalized spacial score (nSPS) is 39.7. The number of ketones is 1. The van der Waals surface area contributed by atoms with Crippen molar-refractivity contribution in [2.24, 2.45) is 23.2 Å². The number of rotatable bonds is 4. The van der Waals surface area contributed by atoms with Crippen LogP contribution >= 0.6 is 0 Å². The molecule has 0 amide bonds. The quantitative estimate of drug-likeness (QED) is 0.832. The number of carbonyl (C=O) groups is 1. The predicted molar refractivity (Wildman–Crippen MR) is 72.5 cm³/mol. The number of nitrogens with zero attached hydrogens (tertiary/aromatic N) is 2. The number of Topliss-reactive ketones (excluding diaryl/α,β-unsaturated/α-hetero) is 1. The second-order valence-electron chi connectivity index (χ2n) is 7.17. The summed E-state index contributed by atoms with van der Waals surface area (Å²) in [6.45, 7) is 0.806. The van der Waals surface area contributed by atoms with Crippen LogP contribution in [0.25, 0.3) is 0 Å². The summed E-state index contributed by atoms with van der Waals surface area (Å²) in [6, 6.07) is 0. The van der Waals surface area contributed by atoms with Crippen LogP contribution in [0.2, 0.25) is 0 Å². The van der Waals surface area contributed by atoms with Crippen LogP contribution in [0.3, 0.4) is 0 Å². The fourth-order valence-corrected chi connectivity index (χ4v) is 5.37. The fraction of sp³-hybridized carbons (Fsp3) is 0.750. The third kappa shape index (κ3) is 1.94. The van der Waals surface area contributed by atoms with Gasteiger partial charge in [0.1, 0.15) is 5.78 Å². The molecule has 0 spiro atoms. The van der Waals surface area contributed by atoms with Gasteiger partial charge in [0.15, 0.2) is 0 Å². The summed E-state index contributed by atoms with van der Waals surface area (Å²) in [6.07, 6.45) is 14.1. The maximum Gasteiger partial charge on any atom is 0.140 e. The molecule has 0 aromatic carbocycles. The van der Waals surface area contributed by atoms with E-state index < -0.39 is 0 Å². The number of aryl methyl sites for hydroxylation is 1. The molecule has 0 N–H and O–H groups in total. The Bertz CT molecular complexity index is 442. The summed E-state index contributed by atoms with van der Waals surface area (Å²) in [5.41, 5.74) is 0.0787. The van der Waals surface area contributed by atoms with Crippen molar-refractivity contribution in [2.45, 2.75) is 51.5 Å². The van der Waals surface area contributed by atoms with Crippen molar-refractivity contribution in [3.05, 3.63) is 18.7 Å². The summed E-state index contributed by atoms with van der Waals surface area (Å²) < 4.78 is 2.03. The van der Waals surface area contributed by atoms with Crippen LogP contribution in [-0.2, 0) is 11.3 Å². The molecule has 4 saturated carbocycles. The number of imidazole rings is 1. The third-order valence-corrected chi connectivity index (χ3v) is 5.79. The van der Waals surface area contributed by atoms with E-state index in [0.29, 0.717) is 12.2 Å². The molecule has 3 nitrogen and oxygen atoms in total. The van der Waals surface area contributed by atoms with Gasteiger partial charge in [0.25, 0.3) is 0 Å². The van der Waals surface area contributed by atoms with Crippen LogP contribution in [0, 0.1) is 23.2 Å².